The van der Waals surface area contributed by atoms with Crippen molar-refractivity contribution in [1.82, 2.24) is 5.32 Å². The number of hydrogen-bond acceptors (Lipinski definition) is 4. The van der Waals surface area contributed by atoms with E-state index in [1.54, 1.807) is 17.8 Å². The van der Waals surface area contributed by atoms with Crippen molar-refractivity contribution >= 4 is 23.8 Å². The average molecular weight is 299 g/mol. The van der Waals surface area contributed by atoms with Crippen LogP contribution in [0.2, 0.25) is 0 Å². The largest absolute Gasteiger partial charge is 0.522 e. The number of fused-ring (bicyclic) bond motifs is 1. The van der Waals surface area contributed by atoms with Crippen LogP contribution in [0.5, 0.6) is 0 Å². The highest BCUT2D eigenvalue weighted by Gasteiger charge is 2.75. The molecule has 2 heterocycles. The van der Waals surface area contributed by atoms with Crippen molar-refractivity contribution in [1.29, 1.82) is 0 Å². The number of hydrogen-bond donors (Lipinski definition) is 2. The predicted molar refractivity (Wildman–Crippen MR) is 79.5 cm³/mol. The van der Waals surface area contributed by atoms with Crippen LogP contribution in [-0.2, 0) is 4.79 Å². The summed E-state index contributed by atoms with van der Waals surface area (Å²) in [5, 5.41) is 12.5. The minimum Gasteiger partial charge on any atom is -0.435 e. The molecule has 5 nitrogen and oxygen atoms in total. The number of nitrogens with zero attached hydrogens (tertiary/aromatic N) is 1. The second kappa shape index (κ2) is 5.50. The molecule has 2 unspecified atom stereocenters. The van der Waals surface area contributed by atoms with Gasteiger partial charge in [-0.3, -0.25) is 5.32 Å². The lowest BCUT2D eigenvalue weighted by Gasteiger charge is -2.44. The number of thioether (sulfide) groups is 1. The molecule has 0 bridgehead atoms. The van der Waals surface area contributed by atoms with E-state index >= 15 is 0 Å². The lowest BCUT2D eigenvalue weighted by molar-refractivity contribution is -0.818. The fourth-order valence-corrected chi connectivity index (χ4v) is 4.73. The molecule has 2 amide bonds. The van der Waals surface area contributed by atoms with Gasteiger partial charge >= 0.3 is 12.0 Å². The first-order chi connectivity index (χ1) is 9.41. The van der Waals surface area contributed by atoms with Crippen LogP contribution in [0.1, 0.15) is 33.1 Å². The summed E-state index contributed by atoms with van der Waals surface area (Å²) in [4.78, 5) is 24.0. The standard InChI is InChI=1S/C14H22N2O3S/c1-4-6-7-8-15-10-11(17)16(13(18)19)9-14(3,5-2)20-12(10)16/h5,10,12,15H,2,4,6-9H2,1,3H3/p+1/t10?,12-,14+,16?/m0/s1. The summed E-state index contributed by atoms with van der Waals surface area (Å²) in [6.07, 6.45) is 3.99. The molecule has 4 atom stereocenters. The van der Waals surface area contributed by atoms with Crippen LogP contribution >= 0.6 is 11.8 Å². The normalized spacial score (nSPS) is 39.2. The van der Waals surface area contributed by atoms with Gasteiger partial charge in [-0.2, -0.15) is 4.79 Å². The fraction of sp³-hybridized carbons (Fsp3) is 0.714. The Kier molecular flexibility index (Phi) is 4.27. The van der Waals surface area contributed by atoms with Gasteiger partial charge in [0.15, 0.2) is 11.4 Å². The summed E-state index contributed by atoms with van der Waals surface area (Å²) >= 11 is 1.56. The Morgan fingerprint density at radius 1 is 1.65 bits per heavy atom. The number of carbonyl (C=O) groups is 2. The Hall–Kier alpha value is -0.850. The zero-order valence-electron chi connectivity index (χ0n) is 12.1. The molecule has 0 aromatic heterocycles. The smallest absolute Gasteiger partial charge is 0.435 e. The van der Waals surface area contributed by atoms with Crippen LogP contribution in [-0.4, -0.2) is 50.8 Å². The Labute approximate surface area is 124 Å². The molecule has 0 aliphatic carbocycles. The van der Waals surface area contributed by atoms with Crippen molar-refractivity contribution in [2.24, 2.45) is 0 Å². The van der Waals surface area contributed by atoms with E-state index in [4.69, 9.17) is 0 Å². The van der Waals surface area contributed by atoms with Gasteiger partial charge < -0.3 is 5.11 Å². The summed E-state index contributed by atoms with van der Waals surface area (Å²) < 4.78 is -0.794. The molecule has 0 spiro atoms. The first-order valence-corrected chi connectivity index (χ1v) is 7.99. The Morgan fingerprint density at radius 2 is 2.35 bits per heavy atom. The maximum atomic E-state index is 12.4. The van der Waals surface area contributed by atoms with Gasteiger partial charge in [-0.05, 0) is 19.9 Å². The molecule has 0 aromatic carbocycles. The molecule has 2 aliphatic heterocycles. The summed E-state index contributed by atoms with van der Waals surface area (Å²) in [7, 11) is 0. The zero-order chi connectivity index (χ0) is 15.0. The molecule has 6 heteroatoms. The number of carboxylic acid groups (broad SMARTS) is 1. The van der Waals surface area contributed by atoms with Crippen LogP contribution in [0.25, 0.3) is 0 Å². The molecule has 0 aromatic rings. The van der Waals surface area contributed by atoms with E-state index in [-0.39, 0.29) is 22.1 Å². The van der Waals surface area contributed by atoms with E-state index in [0.29, 0.717) is 6.54 Å². The SMILES string of the molecule is C=C[C@]1(C)C[N+]2(C(=O)O)C(=O)C(NCCCCC)[C@@H]2S1. The third-order valence-electron chi connectivity index (χ3n) is 4.25. The number of β-lactam (4-membered cyclic amide) rings is 1. The molecular formula is C14H23N2O3S+. The third kappa shape index (κ3) is 2.19. The van der Waals surface area contributed by atoms with E-state index in [9.17, 15) is 14.7 Å². The molecule has 112 valence electrons. The molecule has 20 heavy (non-hydrogen) atoms. The molecular weight excluding hydrogens is 276 g/mol. The minimum absolute atomic E-state index is 0.211. The lowest BCUT2D eigenvalue weighted by atomic mass is 9.99. The number of amides is 2. The average Bonchev–Trinajstić information content (AvgIpc) is 2.70. The van der Waals surface area contributed by atoms with E-state index in [1.165, 1.54) is 0 Å². The molecule has 2 fully saturated rings. The van der Waals surface area contributed by atoms with E-state index in [2.05, 4.69) is 18.8 Å². The van der Waals surface area contributed by atoms with Crippen molar-refractivity contribution in [3.8, 4) is 0 Å². The van der Waals surface area contributed by atoms with Gasteiger partial charge in [0, 0.05) is 0 Å². The predicted octanol–water partition coefficient (Wildman–Crippen LogP) is 2.19. The van der Waals surface area contributed by atoms with Crippen LogP contribution in [0.15, 0.2) is 12.7 Å². The highest BCUT2D eigenvalue weighted by molar-refractivity contribution is 8.01. The topological polar surface area (TPSA) is 66.4 Å². The van der Waals surface area contributed by atoms with Crippen molar-refractivity contribution in [2.45, 2.75) is 49.3 Å². The van der Waals surface area contributed by atoms with Gasteiger partial charge in [-0.15, -0.1) is 11.1 Å². The molecule has 0 saturated carbocycles. The maximum absolute atomic E-state index is 12.4. The zero-order valence-corrected chi connectivity index (χ0v) is 12.9. The Balaban J connectivity index is 2.08. The number of carbonyl (C=O) groups excluding carboxylic acids is 1. The molecule has 2 N–H and O–H groups in total. The quantitative estimate of drug-likeness (QED) is 0.341. The van der Waals surface area contributed by atoms with Gasteiger partial charge in [-0.25, -0.2) is 4.79 Å². The highest BCUT2D eigenvalue weighted by atomic mass is 32.2. The van der Waals surface area contributed by atoms with Gasteiger partial charge in [0.05, 0.1) is 4.75 Å². The van der Waals surface area contributed by atoms with Crippen LogP contribution in [0, 0.1) is 0 Å². The van der Waals surface area contributed by atoms with Gasteiger partial charge in [0.25, 0.3) is 0 Å². The van der Waals surface area contributed by atoms with Crippen LogP contribution < -0.4 is 5.32 Å². The van der Waals surface area contributed by atoms with E-state index in [0.717, 1.165) is 25.8 Å². The number of imide groups is 1. The van der Waals surface area contributed by atoms with Gasteiger partial charge in [-0.1, -0.05) is 37.6 Å². The van der Waals surface area contributed by atoms with Gasteiger partial charge in [0.1, 0.15) is 6.54 Å². The number of rotatable bonds is 6. The number of unbranched alkanes of at least 4 members (excludes halogenated alkanes) is 2. The number of quaternary nitrogens is 1. The minimum atomic E-state index is -1.04. The summed E-state index contributed by atoms with van der Waals surface area (Å²) in [5.74, 6) is -0.211. The molecule has 2 rings (SSSR count). The van der Waals surface area contributed by atoms with E-state index in [1.807, 2.05) is 6.92 Å². The third-order valence-corrected chi connectivity index (χ3v) is 5.96. The second-order valence-corrected chi connectivity index (χ2v) is 7.46. The van der Waals surface area contributed by atoms with Crippen LogP contribution in [0.4, 0.5) is 4.79 Å². The Bertz CT molecular complexity index is 442. The summed E-state index contributed by atoms with van der Waals surface area (Å²) in [6.45, 7) is 8.93. The first kappa shape index (κ1) is 15.5. The first-order valence-electron chi connectivity index (χ1n) is 7.12. The second-order valence-electron chi connectivity index (χ2n) is 5.81. The van der Waals surface area contributed by atoms with E-state index < -0.39 is 10.6 Å². The van der Waals surface area contributed by atoms with Crippen molar-refractivity contribution in [2.75, 3.05) is 13.1 Å². The number of nitrogens with one attached hydrogen (secondary N) is 1. The monoisotopic (exact) mass is 299 g/mol. The van der Waals surface area contributed by atoms with Crippen molar-refractivity contribution in [3.05, 3.63) is 12.7 Å². The van der Waals surface area contributed by atoms with Crippen LogP contribution in [0.3, 0.4) is 0 Å². The summed E-state index contributed by atoms with van der Waals surface area (Å²) in [5.41, 5.74) is 0. The highest BCUT2D eigenvalue weighted by Crippen LogP contribution is 2.53. The van der Waals surface area contributed by atoms with Gasteiger partial charge in [0.2, 0.25) is 0 Å². The summed E-state index contributed by atoms with van der Waals surface area (Å²) in [6, 6.07) is -0.338. The fourth-order valence-electron chi connectivity index (χ4n) is 3.01. The van der Waals surface area contributed by atoms with Crippen molar-refractivity contribution in [3.63, 3.8) is 0 Å². The maximum Gasteiger partial charge on any atom is 0.522 e. The molecule has 0 radical (unpaired) electrons. The lowest BCUT2D eigenvalue weighted by Crippen LogP contribution is -2.79. The molecule has 2 saturated heterocycles. The molecule has 2 aliphatic rings. The Morgan fingerprint density at radius 3 is 2.90 bits per heavy atom. The van der Waals surface area contributed by atoms with Crippen molar-refractivity contribution < 1.29 is 19.2 Å².